The molecule has 0 radical (unpaired) electrons. The van der Waals surface area contributed by atoms with Crippen molar-refractivity contribution >= 4 is 27.9 Å². The van der Waals surface area contributed by atoms with E-state index in [1.807, 2.05) is 0 Å². The number of rotatable bonds is 6. The summed E-state index contributed by atoms with van der Waals surface area (Å²) in [5.74, 6) is 0.390. The van der Waals surface area contributed by atoms with E-state index in [0.717, 1.165) is 6.54 Å². The molecule has 0 aromatic carbocycles. The first-order chi connectivity index (χ1) is 10.2. The van der Waals surface area contributed by atoms with Gasteiger partial charge in [0, 0.05) is 13.1 Å². The molecule has 21 heavy (non-hydrogen) atoms. The van der Waals surface area contributed by atoms with E-state index in [4.69, 9.17) is 5.73 Å². The Morgan fingerprint density at radius 1 is 1.52 bits per heavy atom. The summed E-state index contributed by atoms with van der Waals surface area (Å²) in [4.78, 5) is 12.4. The molecule has 0 aliphatic heterocycles. The predicted molar refractivity (Wildman–Crippen MR) is 86.4 cm³/mol. The number of nitrogens with zero attached hydrogens (tertiary/aromatic N) is 1. The normalized spacial score (nSPS) is 14.6. The summed E-state index contributed by atoms with van der Waals surface area (Å²) in [7, 11) is 0. The van der Waals surface area contributed by atoms with Crippen LogP contribution in [-0.4, -0.2) is 19.0 Å². The quantitative estimate of drug-likeness (QED) is 0.705. The van der Waals surface area contributed by atoms with Gasteiger partial charge in [-0.15, -0.1) is 17.9 Å². The standard InChI is InChI=1S/C15H20N4OS/c1-2-7-18-14(20)13-12(17)11(8-16)15(21-13)19-9-10-5-3-4-6-10/h2,10,19H,1,3-7,9,17H2,(H,18,20). The fourth-order valence-corrected chi connectivity index (χ4v) is 3.54. The van der Waals surface area contributed by atoms with Crippen molar-refractivity contribution in [2.75, 3.05) is 24.1 Å². The summed E-state index contributed by atoms with van der Waals surface area (Å²) in [5, 5.41) is 15.9. The molecule has 1 amide bonds. The number of carbonyl (C=O) groups is 1. The lowest BCUT2D eigenvalue weighted by Gasteiger charge is -2.10. The Morgan fingerprint density at radius 2 is 2.24 bits per heavy atom. The molecule has 0 bridgehead atoms. The molecule has 112 valence electrons. The van der Waals surface area contributed by atoms with E-state index in [9.17, 15) is 10.1 Å². The second-order valence-corrected chi connectivity index (χ2v) is 6.21. The Hall–Kier alpha value is -2.00. The van der Waals surface area contributed by atoms with E-state index < -0.39 is 0 Å². The number of nitrogens with one attached hydrogen (secondary N) is 2. The molecule has 0 unspecified atom stereocenters. The Labute approximate surface area is 128 Å². The van der Waals surface area contributed by atoms with Gasteiger partial charge in [0.1, 0.15) is 21.5 Å². The minimum absolute atomic E-state index is 0.261. The molecular weight excluding hydrogens is 284 g/mol. The van der Waals surface area contributed by atoms with Crippen LogP contribution in [-0.2, 0) is 0 Å². The molecule has 0 spiro atoms. The number of nitriles is 1. The average molecular weight is 304 g/mol. The Bertz CT molecular complexity index is 567. The number of nitrogen functional groups attached to an aromatic ring is 1. The summed E-state index contributed by atoms with van der Waals surface area (Å²) in [6.45, 7) is 4.77. The molecular formula is C15H20N4OS. The van der Waals surface area contributed by atoms with Gasteiger partial charge >= 0.3 is 0 Å². The lowest BCUT2D eigenvalue weighted by Crippen LogP contribution is -2.23. The van der Waals surface area contributed by atoms with Crippen molar-refractivity contribution in [3.63, 3.8) is 0 Å². The third-order valence-corrected chi connectivity index (χ3v) is 4.86. The number of hydrogen-bond donors (Lipinski definition) is 3. The van der Waals surface area contributed by atoms with Crippen LogP contribution in [0.25, 0.3) is 0 Å². The molecule has 1 heterocycles. The molecule has 1 saturated carbocycles. The van der Waals surface area contributed by atoms with Crippen LogP contribution in [0.4, 0.5) is 10.7 Å². The molecule has 1 aromatic rings. The maximum Gasteiger partial charge on any atom is 0.263 e. The highest BCUT2D eigenvalue weighted by atomic mass is 32.1. The van der Waals surface area contributed by atoms with E-state index in [1.165, 1.54) is 37.0 Å². The second kappa shape index (κ2) is 7.14. The smallest absolute Gasteiger partial charge is 0.263 e. The van der Waals surface area contributed by atoms with Crippen LogP contribution in [0.1, 0.15) is 40.9 Å². The summed E-state index contributed by atoms with van der Waals surface area (Å²) in [5.41, 5.74) is 6.57. The van der Waals surface area contributed by atoms with Gasteiger partial charge in [-0.1, -0.05) is 18.9 Å². The average Bonchev–Trinajstić information content (AvgIpc) is 3.10. The van der Waals surface area contributed by atoms with E-state index >= 15 is 0 Å². The molecule has 1 aromatic heterocycles. The molecule has 1 aliphatic rings. The molecule has 2 rings (SSSR count). The maximum absolute atomic E-state index is 12.0. The highest BCUT2D eigenvalue weighted by Crippen LogP contribution is 2.36. The second-order valence-electron chi connectivity index (χ2n) is 5.19. The first kappa shape index (κ1) is 15.4. The molecule has 0 atom stereocenters. The zero-order valence-electron chi connectivity index (χ0n) is 11.9. The van der Waals surface area contributed by atoms with Crippen molar-refractivity contribution in [3.8, 4) is 6.07 Å². The Balaban J connectivity index is 2.11. The van der Waals surface area contributed by atoms with Crippen molar-refractivity contribution in [2.24, 2.45) is 5.92 Å². The van der Waals surface area contributed by atoms with Crippen LogP contribution in [0.2, 0.25) is 0 Å². The summed E-state index contributed by atoms with van der Waals surface area (Å²) in [6.07, 6.45) is 6.61. The van der Waals surface area contributed by atoms with Crippen molar-refractivity contribution < 1.29 is 4.79 Å². The highest BCUT2D eigenvalue weighted by Gasteiger charge is 2.22. The number of hydrogen-bond acceptors (Lipinski definition) is 5. The van der Waals surface area contributed by atoms with E-state index in [1.54, 1.807) is 6.08 Å². The van der Waals surface area contributed by atoms with Gasteiger partial charge in [-0.05, 0) is 18.8 Å². The Kier molecular flexibility index (Phi) is 5.23. The van der Waals surface area contributed by atoms with E-state index in [-0.39, 0.29) is 11.6 Å². The Morgan fingerprint density at radius 3 is 2.86 bits per heavy atom. The zero-order valence-corrected chi connectivity index (χ0v) is 12.8. The van der Waals surface area contributed by atoms with Gasteiger partial charge in [-0.3, -0.25) is 4.79 Å². The predicted octanol–water partition coefficient (Wildman–Crippen LogP) is 2.72. The van der Waals surface area contributed by atoms with Gasteiger partial charge in [0.05, 0.1) is 5.69 Å². The van der Waals surface area contributed by atoms with Crippen LogP contribution in [0, 0.1) is 17.2 Å². The first-order valence-corrected chi connectivity index (χ1v) is 7.94. The minimum Gasteiger partial charge on any atom is -0.396 e. The fourth-order valence-electron chi connectivity index (χ4n) is 2.54. The van der Waals surface area contributed by atoms with E-state index in [0.29, 0.717) is 27.9 Å². The fraction of sp³-hybridized carbons (Fsp3) is 0.467. The topological polar surface area (TPSA) is 90.9 Å². The third kappa shape index (κ3) is 3.56. The van der Waals surface area contributed by atoms with Crippen molar-refractivity contribution in [1.29, 1.82) is 5.26 Å². The van der Waals surface area contributed by atoms with Gasteiger partial charge in [-0.25, -0.2) is 0 Å². The van der Waals surface area contributed by atoms with Crippen LogP contribution < -0.4 is 16.4 Å². The van der Waals surface area contributed by atoms with Crippen molar-refractivity contribution in [1.82, 2.24) is 5.32 Å². The lowest BCUT2D eigenvalue weighted by atomic mass is 10.1. The molecule has 5 nitrogen and oxygen atoms in total. The number of amides is 1. The zero-order chi connectivity index (χ0) is 15.2. The SMILES string of the molecule is C=CCNC(=O)c1sc(NCC2CCCC2)c(C#N)c1N. The first-order valence-electron chi connectivity index (χ1n) is 7.12. The van der Waals surface area contributed by atoms with Gasteiger partial charge in [0.15, 0.2) is 0 Å². The van der Waals surface area contributed by atoms with Crippen molar-refractivity contribution in [3.05, 3.63) is 23.1 Å². The van der Waals surface area contributed by atoms with E-state index in [2.05, 4.69) is 23.3 Å². The van der Waals surface area contributed by atoms with Crippen LogP contribution >= 0.6 is 11.3 Å². The molecule has 6 heteroatoms. The number of anilines is 2. The van der Waals surface area contributed by atoms with Gasteiger partial charge < -0.3 is 16.4 Å². The van der Waals surface area contributed by atoms with Crippen LogP contribution in [0.5, 0.6) is 0 Å². The van der Waals surface area contributed by atoms with Gasteiger partial charge in [0.2, 0.25) is 0 Å². The summed E-state index contributed by atoms with van der Waals surface area (Å²) < 4.78 is 0. The van der Waals surface area contributed by atoms with Gasteiger partial charge in [-0.2, -0.15) is 5.26 Å². The molecule has 1 aliphatic carbocycles. The summed E-state index contributed by atoms with van der Waals surface area (Å²) in [6, 6.07) is 2.09. The number of nitrogens with two attached hydrogens (primary N) is 1. The molecule has 1 fully saturated rings. The third-order valence-electron chi connectivity index (χ3n) is 3.70. The number of thiophene rings is 1. The molecule has 0 saturated heterocycles. The number of carbonyl (C=O) groups excluding carboxylic acids is 1. The van der Waals surface area contributed by atoms with Crippen molar-refractivity contribution in [2.45, 2.75) is 25.7 Å². The highest BCUT2D eigenvalue weighted by molar-refractivity contribution is 7.18. The van der Waals surface area contributed by atoms with Crippen LogP contribution in [0.3, 0.4) is 0 Å². The monoisotopic (exact) mass is 304 g/mol. The minimum atomic E-state index is -0.261. The maximum atomic E-state index is 12.0. The largest absolute Gasteiger partial charge is 0.396 e. The summed E-state index contributed by atoms with van der Waals surface area (Å²) >= 11 is 1.25. The lowest BCUT2D eigenvalue weighted by molar-refractivity contribution is 0.0963. The van der Waals surface area contributed by atoms with Crippen LogP contribution in [0.15, 0.2) is 12.7 Å². The molecule has 4 N–H and O–H groups in total. The van der Waals surface area contributed by atoms with Gasteiger partial charge in [0.25, 0.3) is 5.91 Å².